The van der Waals surface area contributed by atoms with E-state index in [1.807, 2.05) is 0 Å². The molecule has 9 nitrogen and oxygen atoms in total. The van der Waals surface area contributed by atoms with Crippen LogP contribution in [0.1, 0.15) is 23.6 Å². The molecule has 0 rings (SSSR count). The van der Waals surface area contributed by atoms with E-state index in [2.05, 4.69) is 14.0 Å². The van der Waals surface area contributed by atoms with Crippen molar-refractivity contribution in [1.82, 2.24) is 0 Å². The van der Waals surface area contributed by atoms with E-state index in [4.69, 9.17) is 15.0 Å². The van der Waals surface area contributed by atoms with Crippen molar-refractivity contribution in [1.29, 1.82) is 0 Å². The van der Waals surface area contributed by atoms with E-state index in [1.165, 1.54) is 0 Å². The van der Waals surface area contributed by atoms with E-state index in [9.17, 15) is 14.4 Å². The van der Waals surface area contributed by atoms with Crippen molar-refractivity contribution in [2.45, 2.75) is 20.8 Å². The number of hydrogen-bond donors (Lipinski definition) is 2. The van der Waals surface area contributed by atoms with Crippen molar-refractivity contribution in [2.75, 3.05) is 0 Å². The van der Waals surface area contributed by atoms with E-state index < -0.39 is 31.4 Å². The minimum absolute atomic E-state index is 0. The first kappa shape index (κ1) is 27.1. The Bertz CT molecular complexity index is 276. The van der Waals surface area contributed by atoms with Gasteiger partial charge in [0.2, 0.25) is 0 Å². The molecule has 2 N–H and O–H groups in total. The van der Waals surface area contributed by atoms with Gasteiger partial charge in [0.25, 0.3) is 17.9 Å². The standard InChI is InChI=1S/C6H9BO6.CH2O3.2Na.2H/c1-4(8)11-7(12-5(2)9)13-6(3)10;2-1(3)4;;;;/h1-3H3;(H2,2,3,4);;;;/q;;2*+1;2*-1. The smallest absolute Gasteiger partial charge is 1.00 e. The first-order valence-electron chi connectivity index (χ1n) is 4.08. The van der Waals surface area contributed by atoms with Crippen LogP contribution < -0.4 is 59.1 Å². The zero-order valence-corrected chi connectivity index (χ0v) is 15.3. The molecule has 0 saturated heterocycles. The molecule has 0 aliphatic carbocycles. The molecule has 0 saturated carbocycles. The van der Waals surface area contributed by atoms with Crippen LogP contribution in [0.25, 0.3) is 0 Å². The summed E-state index contributed by atoms with van der Waals surface area (Å²) in [5.74, 6) is -2.15. The van der Waals surface area contributed by atoms with Crippen LogP contribution in [0, 0.1) is 0 Å². The Morgan fingerprint density at radius 3 is 1.05 bits per heavy atom. The summed E-state index contributed by atoms with van der Waals surface area (Å²) in [5, 5.41) is 13.9. The van der Waals surface area contributed by atoms with E-state index in [0.29, 0.717) is 0 Å². The Morgan fingerprint density at radius 2 is 0.947 bits per heavy atom. The van der Waals surface area contributed by atoms with Gasteiger partial charge < -0.3 is 27.0 Å². The number of carbonyl (C=O) groups excluding carboxylic acids is 3. The molecule has 0 bridgehead atoms. The van der Waals surface area contributed by atoms with Crippen molar-refractivity contribution in [3.8, 4) is 0 Å². The second-order valence-corrected chi connectivity index (χ2v) is 2.40. The van der Waals surface area contributed by atoms with E-state index in [1.54, 1.807) is 0 Å². The predicted molar refractivity (Wildman–Crippen MR) is 53.9 cm³/mol. The van der Waals surface area contributed by atoms with Gasteiger partial charge in [0, 0.05) is 20.8 Å². The van der Waals surface area contributed by atoms with Crippen LogP contribution in [0.2, 0.25) is 0 Å². The third-order valence-electron chi connectivity index (χ3n) is 0.787. The van der Waals surface area contributed by atoms with Crippen LogP contribution in [0.3, 0.4) is 0 Å². The average molecular weight is 298 g/mol. The van der Waals surface area contributed by atoms with Gasteiger partial charge in [0.05, 0.1) is 0 Å². The van der Waals surface area contributed by atoms with Crippen molar-refractivity contribution in [2.24, 2.45) is 0 Å². The molecule has 0 unspecified atom stereocenters. The SMILES string of the molecule is CC(=O)OB(OC(C)=O)OC(C)=O.O=C(O)O.[H-].[H-].[Na+].[Na+]. The number of carbonyl (C=O) groups is 4. The monoisotopic (exact) mass is 298 g/mol. The molecule has 0 aromatic heterocycles. The minimum atomic E-state index is -1.83. The van der Waals surface area contributed by atoms with Crippen molar-refractivity contribution < 1.29 is 105 Å². The maximum absolute atomic E-state index is 10.4. The summed E-state index contributed by atoms with van der Waals surface area (Å²) < 4.78 is 13.0. The van der Waals surface area contributed by atoms with Crippen molar-refractivity contribution in [3.63, 3.8) is 0 Å². The van der Waals surface area contributed by atoms with Crippen molar-refractivity contribution >= 4 is 31.4 Å². The summed E-state index contributed by atoms with van der Waals surface area (Å²) in [6, 6.07) is 0. The third-order valence-corrected chi connectivity index (χ3v) is 0.787. The molecule has 100 valence electrons. The number of hydrogen-bond acceptors (Lipinski definition) is 7. The van der Waals surface area contributed by atoms with Crippen LogP contribution in [-0.2, 0) is 28.3 Å². The molecule has 12 heteroatoms. The van der Waals surface area contributed by atoms with Crippen LogP contribution in [-0.4, -0.2) is 41.6 Å². The Hall–Kier alpha value is -0.255. The van der Waals surface area contributed by atoms with Gasteiger partial charge in [-0.1, -0.05) is 0 Å². The Labute approximate surface area is 156 Å². The van der Waals surface area contributed by atoms with Gasteiger partial charge in [-0.05, 0) is 0 Å². The molecule has 0 heterocycles. The largest absolute Gasteiger partial charge is 1.00 e. The predicted octanol–water partition coefficient (Wildman–Crippen LogP) is -5.88. The van der Waals surface area contributed by atoms with Gasteiger partial charge >= 0.3 is 72.6 Å². The van der Waals surface area contributed by atoms with Gasteiger partial charge in [-0.25, -0.2) is 4.79 Å². The molecule has 0 aliphatic heterocycles. The molecule has 0 fully saturated rings. The summed E-state index contributed by atoms with van der Waals surface area (Å²) in [5.41, 5.74) is 0. The zero-order chi connectivity index (χ0) is 14.0. The van der Waals surface area contributed by atoms with E-state index in [0.717, 1.165) is 20.8 Å². The summed E-state index contributed by atoms with van der Waals surface area (Å²) in [4.78, 5) is 39.8. The quantitative estimate of drug-likeness (QED) is 0.488. The topological polar surface area (TPSA) is 136 Å². The molecule has 19 heavy (non-hydrogen) atoms. The van der Waals surface area contributed by atoms with Crippen LogP contribution in [0.4, 0.5) is 4.79 Å². The molecular weight excluding hydrogens is 285 g/mol. The first-order valence-corrected chi connectivity index (χ1v) is 4.08. The van der Waals surface area contributed by atoms with Gasteiger partial charge in [-0.15, -0.1) is 0 Å². The second-order valence-electron chi connectivity index (χ2n) is 2.40. The zero-order valence-electron chi connectivity index (χ0n) is 13.3. The van der Waals surface area contributed by atoms with Crippen molar-refractivity contribution in [3.05, 3.63) is 0 Å². The summed E-state index contributed by atoms with van der Waals surface area (Å²) in [6.45, 7) is 3.29. The fourth-order valence-corrected chi connectivity index (χ4v) is 0.479. The summed E-state index contributed by atoms with van der Waals surface area (Å²) in [7, 11) is -1.59. The molecule has 0 aromatic rings. The van der Waals surface area contributed by atoms with Gasteiger partial charge in [-0.2, -0.15) is 0 Å². The molecule has 0 aromatic carbocycles. The molecular formula is C7H13BNa2O9. The van der Waals surface area contributed by atoms with E-state index in [-0.39, 0.29) is 62.0 Å². The third kappa shape index (κ3) is 31.9. The van der Waals surface area contributed by atoms with E-state index >= 15 is 0 Å². The Balaban J connectivity index is -0.0000000629. The summed E-state index contributed by atoms with van der Waals surface area (Å²) >= 11 is 0. The number of rotatable bonds is 3. The maximum atomic E-state index is 10.4. The van der Waals surface area contributed by atoms with Crippen LogP contribution >= 0.6 is 0 Å². The number of carboxylic acid groups (broad SMARTS) is 2. The van der Waals surface area contributed by atoms with Crippen LogP contribution in [0.15, 0.2) is 0 Å². The molecule has 0 aliphatic rings. The normalized spacial score (nSPS) is 7.11. The maximum Gasteiger partial charge on any atom is 1.00 e. The van der Waals surface area contributed by atoms with Crippen LogP contribution in [0.5, 0.6) is 0 Å². The first-order chi connectivity index (χ1) is 7.65. The molecule has 0 radical (unpaired) electrons. The fourth-order valence-electron chi connectivity index (χ4n) is 0.479. The second kappa shape index (κ2) is 15.8. The molecule has 0 amide bonds. The van der Waals surface area contributed by atoms with Gasteiger partial charge in [-0.3, -0.25) is 14.4 Å². The molecule has 0 spiro atoms. The minimum Gasteiger partial charge on any atom is -1.00 e. The van der Waals surface area contributed by atoms with Gasteiger partial charge in [0.15, 0.2) is 0 Å². The Kier molecular flexibility index (Phi) is 22.6. The fraction of sp³-hybridized carbons (Fsp3) is 0.429. The average Bonchev–Trinajstić information content (AvgIpc) is 1.96. The van der Waals surface area contributed by atoms with Gasteiger partial charge in [0.1, 0.15) is 0 Å². The summed E-state index contributed by atoms with van der Waals surface area (Å²) in [6.07, 6.45) is -1.83. The molecule has 0 atom stereocenters. The Morgan fingerprint density at radius 1 is 0.789 bits per heavy atom.